The van der Waals surface area contributed by atoms with Crippen molar-refractivity contribution in [3.05, 3.63) is 62.8 Å². The highest BCUT2D eigenvalue weighted by molar-refractivity contribution is 9.11. The van der Waals surface area contributed by atoms with E-state index in [4.69, 9.17) is 0 Å². The molecule has 0 aliphatic heterocycles. The monoisotopic (exact) mass is 371 g/mol. The number of benzene rings is 2. The third-order valence-electron chi connectivity index (χ3n) is 2.67. The van der Waals surface area contributed by atoms with Crippen molar-refractivity contribution < 1.29 is 4.39 Å². The summed E-state index contributed by atoms with van der Waals surface area (Å²) in [6.45, 7) is 2.00. The zero-order valence-electron chi connectivity index (χ0n) is 9.75. The Morgan fingerprint density at radius 1 is 1.06 bits per heavy atom. The van der Waals surface area contributed by atoms with Gasteiger partial charge in [-0.2, -0.15) is 0 Å². The summed E-state index contributed by atoms with van der Waals surface area (Å²) in [5, 5.41) is 3.36. The summed E-state index contributed by atoms with van der Waals surface area (Å²) in [6.07, 6.45) is 0. The molecular formula is C14H12Br2FN. The van der Waals surface area contributed by atoms with Crippen molar-refractivity contribution in [2.45, 2.75) is 13.0 Å². The Balaban J connectivity index is 2.24. The summed E-state index contributed by atoms with van der Waals surface area (Å²) in [4.78, 5) is 0. The lowest BCUT2D eigenvalue weighted by Gasteiger charge is -2.18. The Labute approximate surface area is 123 Å². The van der Waals surface area contributed by atoms with Gasteiger partial charge in [0, 0.05) is 15.0 Å². The van der Waals surface area contributed by atoms with Gasteiger partial charge in [-0.25, -0.2) is 4.39 Å². The second-order valence-corrected chi connectivity index (χ2v) is 5.73. The number of anilines is 1. The third kappa shape index (κ3) is 3.12. The first kappa shape index (κ1) is 13.6. The molecule has 0 aromatic heterocycles. The van der Waals surface area contributed by atoms with Crippen molar-refractivity contribution >= 4 is 37.5 Å². The van der Waals surface area contributed by atoms with E-state index in [1.54, 1.807) is 12.1 Å². The van der Waals surface area contributed by atoms with Gasteiger partial charge in [-0.1, -0.05) is 18.2 Å². The molecule has 2 aromatic rings. The molecule has 1 atom stereocenters. The van der Waals surface area contributed by atoms with Crippen molar-refractivity contribution in [2.24, 2.45) is 0 Å². The number of para-hydroxylation sites is 1. The van der Waals surface area contributed by atoms with Crippen LogP contribution >= 0.6 is 31.9 Å². The predicted molar refractivity (Wildman–Crippen MR) is 80.3 cm³/mol. The second kappa shape index (κ2) is 5.85. The second-order valence-electron chi connectivity index (χ2n) is 4.02. The van der Waals surface area contributed by atoms with Gasteiger partial charge in [-0.15, -0.1) is 0 Å². The van der Waals surface area contributed by atoms with Gasteiger partial charge in [0.15, 0.2) is 0 Å². The average molecular weight is 373 g/mol. The summed E-state index contributed by atoms with van der Waals surface area (Å²) in [6, 6.07) is 12.5. The highest BCUT2D eigenvalue weighted by Gasteiger charge is 2.10. The Morgan fingerprint density at radius 2 is 1.67 bits per heavy atom. The van der Waals surface area contributed by atoms with Crippen molar-refractivity contribution in [1.29, 1.82) is 0 Å². The topological polar surface area (TPSA) is 12.0 Å². The molecule has 94 valence electrons. The van der Waals surface area contributed by atoms with E-state index in [-0.39, 0.29) is 11.9 Å². The molecule has 4 heteroatoms. The molecule has 0 amide bonds. The van der Waals surface area contributed by atoms with Gasteiger partial charge < -0.3 is 5.32 Å². The third-order valence-corrected chi connectivity index (χ3v) is 3.99. The first-order chi connectivity index (χ1) is 8.58. The minimum absolute atomic E-state index is 0.0238. The van der Waals surface area contributed by atoms with Gasteiger partial charge in [0.05, 0.1) is 5.69 Å². The lowest BCUT2D eigenvalue weighted by atomic mass is 10.1. The molecule has 0 aliphatic carbocycles. The standard InChI is InChI=1S/C14H12Br2FN/c1-9(10-4-2-5-11(17)8-10)18-14-12(15)6-3-7-13(14)16/h2-9,18H,1H3. The fourth-order valence-electron chi connectivity index (χ4n) is 1.71. The highest BCUT2D eigenvalue weighted by atomic mass is 79.9. The smallest absolute Gasteiger partial charge is 0.123 e. The number of hydrogen-bond donors (Lipinski definition) is 1. The van der Waals surface area contributed by atoms with Crippen molar-refractivity contribution in [3.8, 4) is 0 Å². The maximum Gasteiger partial charge on any atom is 0.123 e. The lowest BCUT2D eigenvalue weighted by Crippen LogP contribution is -2.07. The summed E-state index contributed by atoms with van der Waals surface area (Å²) in [5.74, 6) is -0.215. The molecule has 1 unspecified atom stereocenters. The molecule has 2 aromatic carbocycles. The first-order valence-corrected chi connectivity index (χ1v) is 7.12. The van der Waals surface area contributed by atoms with Crippen LogP contribution in [-0.2, 0) is 0 Å². The van der Waals surface area contributed by atoms with Crippen LogP contribution in [0.3, 0.4) is 0 Å². The fourth-order valence-corrected chi connectivity index (χ4v) is 2.94. The van der Waals surface area contributed by atoms with Crippen LogP contribution in [0.15, 0.2) is 51.4 Å². The van der Waals surface area contributed by atoms with Crippen LogP contribution in [0.2, 0.25) is 0 Å². The van der Waals surface area contributed by atoms with Gasteiger partial charge in [-0.3, -0.25) is 0 Å². The summed E-state index contributed by atoms with van der Waals surface area (Å²) in [7, 11) is 0. The van der Waals surface area contributed by atoms with Crippen LogP contribution < -0.4 is 5.32 Å². The van der Waals surface area contributed by atoms with Crippen molar-refractivity contribution in [3.63, 3.8) is 0 Å². The van der Waals surface area contributed by atoms with Gasteiger partial charge in [0.1, 0.15) is 5.82 Å². The molecule has 0 fully saturated rings. The van der Waals surface area contributed by atoms with Crippen LogP contribution in [0.5, 0.6) is 0 Å². The van der Waals surface area contributed by atoms with E-state index in [1.807, 2.05) is 31.2 Å². The highest BCUT2D eigenvalue weighted by Crippen LogP contribution is 2.33. The number of rotatable bonds is 3. The van der Waals surface area contributed by atoms with Crippen molar-refractivity contribution in [2.75, 3.05) is 5.32 Å². The number of nitrogens with one attached hydrogen (secondary N) is 1. The summed E-state index contributed by atoms with van der Waals surface area (Å²) < 4.78 is 15.1. The normalized spacial score (nSPS) is 12.2. The molecule has 0 heterocycles. The van der Waals surface area contributed by atoms with E-state index >= 15 is 0 Å². The van der Waals surface area contributed by atoms with Gasteiger partial charge in [0.2, 0.25) is 0 Å². The Morgan fingerprint density at radius 3 is 2.28 bits per heavy atom. The molecule has 18 heavy (non-hydrogen) atoms. The lowest BCUT2D eigenvalue weighted by molar-refractivity contribution is 0.623. The zero-order chi connectivity index (χ0) is 13.1. The molecule has 0 saturated carbocycles. The Bertz CT molecular complexity index is 537. The minimum Gasteiger partial charge on any atom is -0.377 e. The molecule has 2 rings (SSSR count). The SMILES string of the molecule is CC(Nc1c(Br)cccc1Br)c1cccc(F)c1. The maximum absolute atomic E-state index is 13.2. The molecule has 1 N–H and O–H groups in total. The van der Waals surface area contributed by atoms with Crippen LogP contribution in [0, 0.1) is 5.82 Å². The van der Waals surface area contributed by atoms with Crippen molar-refractivity contribution in [1.82, 2.24) is 0 Å². The van der Waals surface area contributed by atoms with Crippen LogP contribution in [0.25, 0.3) is 0 Å². The van der Waals surface area contributed by atoms with E-state index in [0.29, 0.717) is 0 Å². The largest absolute Gasteiger partial charge is 0.377 e. The zero-order valence-corrected chi connectivity index (χ0v) is 12.9. The molecule has 0 bridgehead atoms. The molecular weight excluding hydrogens is 361 g/mol. The predicted octanol–water partition coefficient (Wildman–Crippen LogP) is 5.52. The number of halogens is 3. The molecule has 0 spiro atoms. The molecule has 0 radical (unpaired) electrons. The number of hydrogen-bond acceptors (Lipinski definition) is 1. The quantitative estimate of drug-likeness (QED) is 0.747. The molecule has 0 saturated heterocycles. The van der Waals surface area contributed by atoms with Crippen LogP contribution in [0.1, 0.15) is 18.5 Å². The molecule has 0 aliphatic rings. The van der Waals surface area contributed by atoms with E-state index in [9.17, 15) is 4.39 Å². The Kier molecular flexibility index (Phi) is 4.40. The van der Waals surface area contributed by atoms with Crippen LogP contribution in [0.4, 0.5) is 10.1 Å². The van der Waals surface area contributed by atoms with E-state index in [0.717, 1.165) is 20.2 Å². The Hall–Kier alpha value is -0.870. The average Bonchev–Trinajstić information content (AvgIpc) is 2.34. The van der Waals surface area contributed by atoms with E-state index < -0.39 is 0 Å². The van der Waals surface area contributed by atoms with Crippen LogP contribution in [-0.4, -0.2) is 0 Å². The summed E-state index contributed by atoms with van der Waals surface area (Å²) in [5.41, 5.74) is 1.88. The van der Waals surface area contributed by atoms with Gasteiger partial charge in [-0.05, 0) is 68.6 Å². The first-order valence-electron chi connectivity index (χ1n) is 5.54. The minimum atomic E-state index is -0.215. The van der Waals surface area contributed by atoms with Gasteiger partial charge >= 0.3 is 0 Å². The summed E-state index contributed by atoms with van der Waals surface area (Å²) >= 11 is 6.99. The molecule has 1 nitrogen and oxygen atoms in total. The maximum atomic E-state index is 13.2. The van der Waals surface area contributed by atoms with E-state index in [1.165, 1.54) is 6.07 Å². The fraction of sp³-hybridized carbons (Fsp3) is 0.143. The van der Waals surface area contributed by atoms with E-state index in [2.05, 4.69) is 37.2 Å². The van der Waals surface area contributed by atoms with Gasteiger partial charge in [0.25, 0.3) is 0 Å².